The molecule has 17 nitrogen and oxygen atoms in total. The molecule has 2 amide bonds. The molecule has 0 bridgehead atoms. The molecule has 6 heterocycles. The fraction of sp³-hybridized carbons (Fsp3) is 0.500. The number of hydrogen-bond acceptors (Lipinski definition) is 14. The number of likely N-dealkylation sites (tertiary alicyclic amines) is 2. The first-order valence-corrected chi connectivity index (χ1v) is 25.2. The molecular weight excluding hydrogens is 899 g/mol. The van der Waals surface area contributed by atoms with Gasteiger partial charge in [-0.2, -0.15) is 10.4 Å². The number of nitrogen functional groups attached to an aromatic ring is 1. The molecule has 3 aromatic heterocycles. The Morgan fingerprint density at radius 1 is 0.944 bits per heavy atom. The van der Waals surface area contributed by atoms with Gasteiger partial charge in [0, 0.05) is 80.6 Å². The van der Waals surface area contributed by atoms with Gasteiger partial charge in [0.25, 0.3) is 0 Å². The summed E-state index contributed by atoms with van der Waals surface area (Å²) in [6, 6.07) is 18.5. The molecule has 0 unspecified atom stereocenters. The van der Waals surface area contributed by atoms with E-state index in [0.717, 1.165) is 88.2 Å². The highest BCUT2D eigenvalue weighted by Crippen LogP contribution is 2.36. The Morgan fingerprint density at radius 2 is 1.69 bits per heavy atom. The van der Waals surface area contributed by atoms with E-state index in [-0.39, 0.29) is 66.6 Å². The number of aromatic hydroxyl groups is 1. The van der Waals surface area contributed by atoms with Crippen LogP contribution in [0.5, 0.6) is 5.75 Å². The zero-order chi connectivity index (χ0) is 49.8. The fourth-order valence-corrected chi connectivity index (χ4v) is 10.5. The fourth-order valence-electron chi connectivity index (χ4n) is 10.5. The largest absolute Gasteiger partial charge is 0.507 e. The average Bonchev–Trinajstić information content (AvgIpc) is 4.14. The van der Waals surface area contributed by atoms with Crippen LogP contribution in [0.4, 0.5) is 11.6 Å². The molecule has 3 saturated heterocycles. The summed E-state index contributed by atoms with van der Waals surface area (Å²) in [5, 5.41) is 50.5. The number of nitrogens with zero attached hydrogens (tertiary/aromatic N) is 9. The Kier molecular flexibility index (Phi) is 15.0. The third-order valence-electron chi connectivity index (χ3n) is 14.8. The smallest absolute Gasteiger partial charge is 0.243 e. The van der Waals surface area contributed by atoms with Crippen molar-refractivity contribution in [3.05, 3.63) is 89.9 Å². The van der Waals surface area contributed by atoms with Crippen LogP contribution in [-0.4, -0.2) is 121 Å². The molecule has 4 fully saturated rings. The maximum atomic E-state index is 14.2. The predicted octanol–water partition coefficient (Wildman–Crippen LogP) is 6.47. The number of carbonyl (C=O) groups is 2. The zero-order valence-corrected chi connectivity index (χ0v) is 41.0. The third-order valence-corrected chi connectivity index (χ3v) is 14.8. The lowest BCUT2D eigenvalue weighted by molar-refractivity contribution is -0.141. The van der Waals surface area contributed by atoms with Crippen molar-refractivity contribution < 1.29 is 29.1 Å². The van der Waals surface area contributed by atoms with Crippen LogP contribution in [0.25, 0.3) is 22.4 Å². The summed E-state index contributed by atoms with van der Waals surface area (Å²) in [6.07, 6.45) is 9.57. The van der Waals surface area contributed by atoms with Crippen LogP contribution >= 0.6 is 0 Å². The van der Waals surface area contributed by atoms with Gasteiger partial charge in [-0.3, -0.25) is 14.3 Å². The van der Waals surface area contributed by atoms with Gasteiger partial charge in [-0.05, 0) is 100 Å². The number of ether oxygens (including phenoxy) is 1. The van der Waals surface area contributed by atoms with Crippen LogP contribution in [0.15, 0.2) is 77.6 Å². The first-order chi connectivity index (χ1) is 34.3. The van der Waals surface area contributed by atoms with Gasteiger partial charge >= 0.3 is 0 Å². The van der Waals surface area contributed by atoms with Crippen LogP contribution in [0.1, 0.15) is 108 Å². The van der Waals surface area contributed by atoms with Gasteiger partial charge in [0.1, 0.15) is 23.8 Å². The number of carbonyl (C=O) groups excluding carboxylic acids is 2. The summed E-state index contributed by atoms with van der Waals surface area (Å²) in [4.78, 5) is 34.1. The number of para-hydroxylation sites is 1. The quantitative estimate of drug-likeness (QED) is 0.0876. The van der Waals surface area contributed by atoms with Gasteiger partial charge in [-0.1, -0.05) is 55.1 Å². The molecule has 1 aliphatic carbocycles. The van der Waals surface area contributed by atoms with Gasteiger partial charge in [0.05, 0.1) is 47.9 Å². The average molecular weight is 964 g/mol. The molecular formula is C54H65N11O6. The number of nitriles is 1. The molecule has 3 aliphatic heterocycles. The number of phenols is 1. The van der Waals surface area contributed by atoms with E-state index < -0.39 is 18.1 Å². The number of nitrogens with one attached hydrogen (secondary N) is 1. The molecule has 372 valence electrons. The maximum Gasteiger partial charge on any atom is 0.243 e. The first kappa shape index (κ1) is 49.2. The lowest BCUT2D eigenvalue weighted by atomic mass is 9.82. The van der Waals surface area contributed by atoms with Crippen molar-refractivity contribution in [1.82, 2.24) is 40.3 Å². The minimum atomic E-state index is -0.824. The first-order valence-electron chi connectivity index (χ1n) is 25.2. The van der Waals surface area contributed by atoms with Crippen molar-refractivity contribution in [2.24, 2.45) is 17.8 Å². The van der Waals surface area contributed by atoms with Crippen LogP contribution in [0, 0.1) is 40.9 Å². The summed E-state index contributed by atoms with van der Waals surface area (Å²) < 4.78 is 14.3. The monoisotopic (exact) mass is 964 g/mol. The van der Waals surface area contributed by atoms with Gasteiger partial charge in [-0.25, -0.2) is 0 Å². The molecule has 0 spiro atoms. The summed E-state index contributed by atoms with van der Waals surface area (Å²) in [7, 11) is 0. The highest BCUT2D eigenvalue weighted by Gasteiger charge is 2.44. The van der Waals surface area contributed by atoms with Crippen molar-refractivity contribution in [3.8, 4) is 46.0 Å². The van der Waals surface area contributed by atoms with E-state index in [0.29, 0.717) is 40.0 Å². The van der Waals surface area contributed by atoms with Gasteiger partial charge in [-0.15, -0.1) is 10.2 Å². The number of anilines is 2. The summed E-state index contributed by atoms with van der Waals surface area (Å²) in [5.74, 6) is 7.95. The Morgan fingerprint density at radius 3 is 2.41 bits per heavy atom. The normalized spacial score (nSPS) is 22.3. The van der Waals surface area contributed by atoms with Gasteiger partial charge < -0.3 is 45.2 Å². The molecule has 5 atom stereocenters. The molecule has 4 aliphatic rings. The number of aliphatic hydroxyl groups is 1. The number of benzene rings is 2. The highest BCUT2D eigenvalue weighted by atomic mass is 16.5. The highest BCUT2D eigenvalue weighted by molar-refractivity contribution is 5.91. The number of nitrogens with two attached hydrogens (primary N) is 1. The molecule has 71 heavy (non-hydrogen) atoms. The number of amides is 2. The summed E-state index contributed by atoms with van der Waals surface area (Å²) in [6.45, 7) is 12.7. The topological polar surface area (TPSA) is 225 Å². The lowest BCUT2D eigenvalue weighted by Gasteiger charge is -2.40. The summed E-state index contributed by atoms with van der Waals surface area (Å²) >= 11 is 0. The second-order valence-corrected chi connectivity index (χ2v) is 20.2. The van der Waals surface area contributed by atoms with Crippen LogP contribution in [0.2, 0.25) is 0 Å². The zero-order valence-electron chi connectivity index (χ0n) is 41.0. The number of phenolic OH excluding ortho intramolecular Hbond substituents is 1. The maximum absolute atomic E-state index is 14.2. The van der Waals surface area contributed by atoms with E-state index in [1.807, 2.05) is 56.8 Å². The number of rotatable bonds is 14. The number of piperidine rings is 2. The lowest BCUT2D eigenvalue weighted by Crippen LogP contribution is -2.48. The molecule has 17 heteroatoms. The molecule has 2 aromatic carbocycles. The van der Waals surface area contributed by atoms with Crippen LogP contribution in [-0.2, 0) is 14.3 Å². The number of β-amino-alcohol motifs (C(OH)–C–C–N with tert-alkyl or cyclic N) is 1. The molecule has 0 radical (unpaired) electrons. The second-order valence-electron chi connectivity index (χ2n) is 20.2. The summed E-state index contributed by atoms with van der Waals surface area (Å²) in [5.41, 5.74) is 10.2. The Balaban J connectivity index is 0.691. The van der Waals surface area contributed by atoms with Gasteiger partial charge in [0.15, 0.2) is 17.4 Å². The Bertz CT molecular complexity index is 2750. The third kappa shape index (κ3) is 11.4. The van der Waals surface area contributed by atoms with E-state index in [1.165, 1.54) is 4.90 Å². The molecule has 1 saturated carbocycles. The number of hydrogen-bond donors (Lipinski definition) is 4. The van der Waals surface area contributed by atoms with E-state index in [1.54, 1.807) is 48.7 Å². The van der Waals surface area contributed by atoms with E-state index >= 15 is 0 Å². The van der Waals surface area contributed by atoms with Gasteiger partial charge in [0.2, 0.25) is 11.8 Å². The predicted molar refractivity (Wildman–Crippen MR) is 267 cm³/mol. The van der Waals surface area contributed by atoms with Crippen LogP contribution < -0.4 is 16.0 Å². The van der Waals surface area contributed by atoms with Crippen LogP contribution in [0.3, 0.4) is 0 Å². The second kappa shape index (κ2) is 21.7. The van der Waals surface area contributed by atoms with Crippen molar-refractivity contribution in [2.45, 2.75) is 115 Å². The molecule has 5 N–H and O–H groups in total. The van der Waals surface area contributed by atoms with Crippen molar-refractivity contribution in [3.63, 3.8) is 0 Å². The Hall–Kier alpha value is -6.79. The van der Waals surface area contributed by atoms with E-state index in [4.69, 9.17) is 20.3 Å². The van der Waals surface area contributed by atoms with Crippen molar-refractivity contribution in [1.29, 1.82) is 5.26 Å². The van der Waals surface area contributed by atoms with Crippen molar-refractivity contribution in [2.75, 3.05) is 49.9 Å². The number of aromatic nitrogens is 5. The molecule has 9 rings (SSSR count). The Labute approximate surface area is 415 Å². The van der Waals surface area contributed by atoms with E-state index in [2.05, 4.69) is 53.5 Å². The van der Waals surface area contributed by atoms with Crippen molar-refractivity contribution >= 4 is 23.5 Å². The standard InChI is InChI=1S/C54H65N11O6/c1-33(2)51(54(69)64-32-41(66)25-47(64)53(68)58-35(4)39-13-11-36(28-55)12-14-39)49-27-50(61-71-49)63-21-15-37(16-22-63)30-62-19-17-42(18-20-62)70-43-23-38(24-43)10-9-34(3)65-31-40(29-57-65)45-26-46(59-60-52(45)56)44-7-5-6-8-48(44)67/h5-8,11-14,26-27,29,31,33-35,37-38,41-43,47,51,66-67H,15-25,30,32H2,1-4H3,(H2,56,60)(H,58,68)/t34-,35+,38-,41-,43-,47+,51-/m1/s1. The minimum absolute atomic E-state index is 0.0645. The van der Waals surface area contributed by atoms with E-state index in [9.17, 15) is 19.8 Å². The number of aliphatic hydroxyl groups excluding tert-OH is 1. The molecule has 5 aromatic rings. The minimum Gasteiger partial charge on any atom is -0.507 e. The SMILES string of the molecule is CC(C)[C@@H](C(=O)N1C[C@H](O)C[C@H]1C(=O)N[C@@H](C)c1ccc(C#N)cc1)c1cc(N2CCC(CN3CCC(O[C@H]4C[C@H](C#C[C@@H](C)n5cc(-c6cc(-c7ccccc7O)nnc6N)cn5)C4)CC3)CC2)no1.